The van der Waals surface area contributed by atoms with Crippen LogP contribution in [0.25, 0.3) is 33.1 Å². The Morgan fingerprint density at radius 3 is 2.50 bits per heavy atom. The van der Waals surface area contributed by atoms with Gasteiger partial charge in [0, 0.05) is 29.9 Å². The molecule has 36 heavy (non-hydrogen) atoms. The first kappa shape index (κ1) is 25.7. The van der Waals surface area contributed by atoms with E-state index in [4.69, 9.17) is 5.73 Å². The minimum absolute atomic E-state index is 0.225. The Labute approximate surface area is 209 Å². The maximum absolute atomic E-state index is 14.7. The van der Waals surface area contributed by atoms with Gasteiger partial charge in [0.25, 0.3) is 5.56 Å². The number of halogens is 1. The van der Waals surface area contributed by atoms with Gasteiger partial charge in [-0.1, -0.05) is 18.2 Å². The number of nitrogens with two attached hydrogens (primary N) is 1. The van der Waals surface area contributed by atoms with Gasteiger partial charge in [-0.05, 0) is 82.0 Å². The van der Waals surface area contributed by atoms with Gasteiger partial charge in [-0.15, -0.1) is 0 Å². The number of anilines is 1. The molecule has 9 heteroatoms. The van der Waals surface area contributed by atoms with Crippen molar-refractivity contribution in [2.75, 3.05) is 44.6 Å². The first-order valence-electron chi connectivity index (χ1n) is 12.6. The summed E-state index contributed by atoms with van der Waals surface area (Å²) in [6.45, 7) is 5.14. The van der Waals surface area contributed by atoms with Crippen LogP contribution in [0, 0.1) is 5.82 Å². The van der Waals surface area contributed by atoms with E-state index in [9.17, 15) is 9.18 Å². The molecule has 0 aliphatic carbocycles. The van der Waals surface area contributed by atoms with Gasteiger partial charge in [0.15, 0.2) is 0 Å². The number of fused-ring (bicyclic) bond motifs is 2. The normalized spacial score (nSPS) is 11.4. The van der Waals surface area contributed by atoms with Crippen LogP contribution >= 0.6 is 0 Å². The number of hydrogen-bond donors (Lipinski definition) is 5. The van der Waals surface area contributed by atoms with Gasteiger partial charge in [-0.2, -0.15) is 0 Å². The number of hydrogen-bond acceptors (Lipinski definition) is 7. The molecule has 0 saturated heterocycles. The van der Waals surface area contributed by atoms with Crippen LogP contribution in [-0.4, -0.2) is 54.2 Å². The summed E-state index contributed by atoms with van der Waals surface area (Å²) in [5.74, 6) is -0.0190. The van der Waals surface area contributed by atoms with Crippen molar-refractivity contribution in [3.63, 3.8) is 0 Å². The van der Waals surface area contributed by atoms with Crippen LogP contribution < -0.4 is 27.2 Å². The second-order valence-corrected chi connectivity index (χ2v) is 8.80. The van der Waals surface area contributed by atoms with Crippen LogP contribution in [0.15, 0.2) is 53.6 Å². The molecule has 2 aromatic carbocycles. The van der Waals surface area contributed by atoms with Crippen LogP contribution in [-0.2, 0) is 0 Å². The molecule has 0 bridgehead atoms. The molecular formula is C27H34FN7O. The largest absolute Gasteiger partial charge is 0.383 e. The lowest BCUT2D eigenvalue weighted by atomic mass is 10.1. The molecular weight excluding hydrogens is 457 g/mol. The highest BCUT2D eigenvalue weighted by atomic mass is 19.1. The number of unbranched alkanes of at least 4 members (excludes halogenated alkanes) is 1. The smallest absolute Gasteiger partial charge is 0.259 e. The summed E-state index contributed by atoms with van der Waals surface area (Å²) in [4.78, 5) is 24.4. The van der Waals surface area contributed by atoms with E-state index in [1.54, 1.807) is 18.5 Å². The third kappa shape index (κ3) is 6.63. The van der Waals surface area contributed by atoms with Gasteiger partial charge in [0.1, 0.15) is 11.6 Å². The van der Waals surface area contributed by atoms with Gasteiger partial charge in [0.05, 0.1) is 16.6 Å². The van der Waals surface area contributed by atoms with Gasteiger partial charge in [0.2, 0.25) is 0 Å². The number of benzene rings is 2. The van der Waals surface area contributed by atoms with Crippen LogP contribution in [0.4, 0.5) is 10.1 Å². The SMILES string of the molecule is NCCCNCCCCNCCCNc1cc2nc(-c3cccc4cnccc34)[nH]c(=O)c2cc1F. The molecule has 4 rings (SSSR count). The number of H-pyrrole nitrogens is 1. The van der Waals surface area contributed by atoms with E-state index in [2.05, 4.69) is 30.9 Å². The number of nitrogens with one attached hydrogen (secondary N) is 4. The molecule has 6 N–H and O–H groups in total. The molecule has 0 atom stereocenters. The number of nitrogens with zero attached hydrogens (tertiary/aromatic N) is 2. The Bertz CT molecular complexity index is 1340. The minimum Gasteiger partial charge on any atom is -0.383 e. The zero-order valence-electron chi connectivity index (χ0n) is 20.4. The average Bonchev–Trinajstić information content (AvgIpc) is 2.89. The van der Waals surface area contributed by atoms with Crippen molar-refractivity contribution < 1.29 is 4.39 Å². The van der Waals surface area contributed by atoms with E-state index < -0.39 is 5.82 Å². The summed E-state index contributed by atoms with van der Waals surface area (Å²) >= 11 is 0. The highest BCUT2D eigenvalue weighted by molar-refractivity contribution is 5.95. The van der Waals surface area contributed by atoms with Gasteiger partial charge >= 0.3 is 0 Å². The van der Waals surface area contributed by atoms with Crippen molar-refractivity contribution in [1.82, 2.24) is 25.6 Å². The van der Waals surface area contributed by atoms with Gasteiger partial charge < -0.3 is 26.7 Å². The van der Waals surface area contributed by atoms with Crippen LogP contribution in [0.1, 0.15) is 25.7 Å². The monoisotopic (exact) mass is 491 g/mol. The first-order chi connectivity index (χ1) is 17.7. The second-order valence-electron chi connectivity index (χ2n) is 8.80. The van der Waals surface area contributed by atoms with E-state index in [0.717, 1.165) is 74.7 Å². The standard InChI is InChI=1S/C27H34FN7O/c28-23-16-22-24(17-25(23)33-14-5-13-31-11-2-1-10-30-12-4-9-29)34-26(35-27(22)36)21-7-3-6-19-18-32-15-8-20(19)21/h3,6-8,15-18,30-31,33H,1-2,4-5,9-14,29H2,(H,34,35,36). The highest BCUT2D eigenvalue weighted by Crippen LogP contribution is 2.27. The van der Waals surface area contributed by atoms with Crippen LogP contribution in [0.3, 0.4) is 0 Å². The van der Waals surface area contributed by atoms with E-state index in [1.165, 1.54) is 6.07 Å². The summed E-state index contributed by atoms with van der Waals surface area (Å²) in [5, 5.41) is 12.1. The molecule has 0 unspecified atom stereocenters. The Hall–Kier alpha value is -3.40. The predicted molar refractivity (Wildman–Crippen MR) is 145 cm³/mol. The van der Waals surface area contributed by atoms with Crippen LogP contribution in [0.5, 0.6) is 0 Å². The Kier molecular flexibility index (Phi) is 9.32. The van der Waals surface area contributed by atoms with Gasteiger partial charge in [-0.3, -0.25) is 9.78 Å². The van der Waals surface area contributed by atoms with E-state index in [-0.39, 0.29) is 10.9 Å². The van der Waals surface area contributed by atoms with Crippen molar-refractivity contribution in [3.8, 4) is 11.4 Å². The zero-order valence-corrected chi connectivity index (χ0v) is 20.4. The zero-order chi connectivity index (χ0) is 25.2. The quantitative estimate of drug-likeness (QED) is 0.172. The number of pyridine rings is 1. The predicted octanol–water partition coefficient (Wildman–Crippen LogP) is 3.39. The minimum atomic E-state index is -0.464. The maximum Gasteiger partial charge on any atom is 0.259 e. The van der Waals surface area contributed by atoms with E-state index >= 15 is 0 Å². The molecule has 2 heterocycles. The molecule has 0 saturated carbocycles. The number of aromatic amines is 1. The summed E-state index contributed by atoms with van der Waals surface area (Å²) in [5.41, 5.74) is 6.69. The first-order valence-corrected chi connectivity index (χ1v) is 12.6. The maximum atomic E-state index is 14.7. The Morgan fingerprint density at radius 1 is 0.917 bits per heavy atom. The van der Waals surface area contributed by atoms with E-state index in [1.807, 2.05) is 24.3 Å². The summed E-state index contributed by atoms with van der Waals surface area (Å²) < 4.78 is 14.7. The number of rotatable bonds is 14. The number of aromatic nitrogens is 3. The van der Waals surface area contributed by atoms with Crippen LogP contribution in [0.2, 0.25) is 0 Å². The third-order valence-electron chi connectivity index (χ3n) is 6.09. The fraction of sp³-hybridized carbons (Fsp3) is 0.370. The lowest BCUT2D eigenvalue weighted by Crippen LogP contribution is -2.22. The summed E-state index contributed by atoms with van der Waals surface area (Å²) in [6.07, 6.45) is 7.58. The van der Waals surface area contributed by atoms with Crippen molar-refractivity contribution in [2.45, 2.75) is 25.7 Å². The third-order valence-corrected chi connectivity index (χ3v) is 6.09. The Morgan fingerprint density at radius 2 is 1.69 bits per heavy atom. The molecule has 0 spiro atoms. The lowest BCUT2D eigenvalue weighted by Gasteiger charge is -2.11. The molecule has 0 radical (unpaired) electrons. The molecule has 2 aromatic heterocycles. The molecule has 4 aromatic rings. The van der Waals surface area contributed by atoms with Crippen molar-refractivity contribution in [1.29, 1.82) is 0 Å². The fourth-order valence-electron chi connectivity index (χ4n) is 4.17. The van der Waals surface area contributed by atoms with Crippen molar-refractivity contribution in [2.24, 2.45) is 5.73 Å². The highest BCUT2D eigenvalue weighted by Gasteiger charge is 2.12. The average molecular weight is 492 g/mol. The summed E-state index contributed by atoms with van der Waals surface area (Å²) in [6, 6.07) is 10.5. The van der Waals surface area contributed by atoms with Crippen molar-refractivity contribution >= 4 is 27.4 Å². The second kappa shape index (κ2) is 13.1. The van der Waals surface area contributed by atoms with Gasteiger partial charge in [-0.25, -0.2) is 9.37 Å². The molecule has 0 aliphatic rings. The lowest BCUT2D eigenvalue weighted by molar-refractivity contribution is 0.571. The molecule has 0 amide bonds. The topological polar surface area (TPSA) is 121 Å². The molecule has 0 fully saturated rings. The van der Waals surface area contributed by atoms with E-state index in [0.29, 0.717) is 23.6 Å². The molecule has 8 nitrogen and oxygen atoms in total. The Balaban J connectivity index is 1.34. The summed E-state index contributed by atoms with van der Waals surface area (Å²) in [7, 11) is 0. The molecule has 0 aliphatic heterocycles. The molecule has 190 valence electrons. The fourth-order valence-corrected chi connectivity index (χ4v) is 4.17. The van der Waals surface area contributed by atoms with Crippen molar-refractivity contribution in [3.05, 3.63) is 65.0 Å².